The lowest BCUT2D eigenvalue weighted by molar-refractivity contribution is 0.668. The largest absolute Gasteiger partial charge is 0.456 e. The molecule has 0 fully saturated rings. The molecule has 0 atom stereocenters. The summed E-state index contributed by atoms with van der Waals surface area (Å²) in [5, 5.41) is -12.9. The Bertz CT molecular complexity index is 8990. The van der Waals surface area contributed by atoms with Gasteiger partial charge in [-0.2, -0.15) is 0 Å². The van der Waals surface area contributed by atoms with Crippen molar-refractivity contribution in [2.24, 2.45) is 0 Å². The van der Waals surface area contributed by atoms with Gasteiger partial charge in [-0.25, -0.2) is 0 Å². The van der Waals surface area contributed by atoms with Crippen molar-refractivity contribution in [1.82, 2.24) is 0 Å². The summed E-state index contributed by atoms with van der Waals surface area (Å²) < 4.78 is 461. The quantitative estimate of drug-likeness (QED) is 0.130. The van der Waals surface area contributed by atoms with Crippen LogP contribution in [0.25, 0.3) is 185 Å². The number of hydrogen-bond acceptors (Lipinski definition) is 2. The molecule has 2 heteroatoms. The highest BCUT2D eigenvalue weighted by Gasteiger charge is 2.23. The molecule has 0 aliphatic heterocycles. The highest BCUT2D eigenvalue weighted by molar-refractivity contribution is 6.30. The van der Waals surface area contributed by atoms with Crippen LogP contribution < -0.4 is 0 Å². The Morgan fingerprint density at radius 2 is 0.523 bits per heavy atom. The molecule has 398 valence electrons. The van der Waals surface area contributed by atoms with Crippen LogP contribution in [0.1, 0.15) is 68.5 Å². The highest BCUT2D eigenvalue weighted by Crippen LogP contribution is 2.50. The SMILES string of the molecule is [2H]c1c([2H])c([2H])c2c(oc3c([2H])c([2H])c([2H])c(-c4c5c([2H])c([2H])c([2H])c([2H])c5c(-c5c([2H])c([2H])c([2H])c6c5c([2H])c([2H])c5c([2H])c([2H])c7c([2H])c([2H])c([2H])c([2H])c7c56)c5c([2H])c([2H])c([2H])c([2H])c45)c32)c1[2H].[2H]c1c([2H])c([2H])c2c(oc3c([2H])c([2H])c([2H])c(-c4c5c([2H])c([2H])c([2H])c([2H])c5c(-c5c([2H])c([2H])c6c(c5[2H])c([2H])c([2H])c5c([2H])c([2H])c([2H])c([2H])c56)c5c([2H])c([2H])c([2H])c([2H])c45)c32)c1[2H]. The molecule has 0 N–H and O–H groups in total. The molecule has 86 heavy (non-hydrogen) atoms. The normalized spacial score (nSPS) is 20.1. The summed E-state index contributed by atoms with van der Waals surface area (Å²) >= 11 is 0. The minimum Gasteiger partial charge on any atom is -0.456 e. The van der Waals surface area contributed by atoms with Gasteiger partial charge in [0.05, 0.1) is 68.5 Å². The van der Waals surface area contributed by atoms with E-state index in [2.05, 4.69) is 0 Å². The van der Waals surface area contributed by atoms with Crippen LogP contribution >= 0.6 is 0 Å². The van der Waals surface area contributed by atoms with E-state index in [9.17, 15) is 24.7 Å². The summed E-state index contributed by atoms with van der Waals surface area (Å²) in [7, 11) is 0. The van der Waals surface area contributed by atoms with Gasteiger partial charge in [0, 0.05) is 21.5 Å². The van der Waals surface area contributed by atoms with Gasteiger partial charge in [-0.1, -0.05) is 272 Å². The third-order valence-electron chi connectivity index (χ3n) is 14.6. The zero-order valence-electron chi connectivity index (χ0n) is 92.8. The third kappa shape index (κ3) is 7.27. The molecule has 0 saturated carbocycles. The van der Waals surface area contributed by atoms with Gasteiger partial charge in [0.25, 0.3) is 0 Å². The lowest BCUT2D eigenvalue weighted by Crippen LogP contribution is -1.92. The summed E-state index contributed by atoms with van der Waals surface area (Å²) in [4.78, 5) is 0. The zero-order chi connectivity index (χ0) is 99.9. The summed E-state index contributed by atoms with van der Waals surface area (Å²) in [6.45, 7) is 0. The molecule has 0 radical (unpaired) electrons. The Morgan fingerprint density at radius 3 is 1.06 bits per heavy atom. The molecule has 2 nitrogen and oxygen atoms in total. The molecule has 0 amide bonds. The first-order valence-electron chi connectivity index (χ1n) is 50.6. The van der Waals surface area contributed by atoms with Gasteiger partial charge in [0.15, 0.2) is 0 Å². The Morgan fingerprint density at radius 1 is 0.186 bits per heavy atom. The van der Waals surface area contributed by atoms with Crippen LogP contribution in [-0.2, 0) is 0 Å². The Labute approximate surface area is 564 Å². The summed E-state index contributed by atoms with van der Waals surface area (Å²) in [5.74, 6) is 0. The van der Waals surface area contributed by atoms with E-state index in [0.29, 0.717) is 0 Å². The molecule has 2 heterocycles. The first-order chi connectivity index (χ1) is 63.5. The average molecular weight is 1140 g/mol. The fraction of sp³-hybridized carbons (Fsp3) is 0. The maximum absolute atomic E-state index is 9.66. The van der Waals surface area contributed by atoms with Crippen LogP contribution in [0.15, 0.2) is 311 Å². The van der Waals surface area contributed by atoms with Crippen LogP contribution in [0, 0.1) is 0 Å². The Kier molecular flexibility index (Phi) is 4.49. The number of rotatable bonds is 4. The highest BCUT2D eigenvalue weighted by atomic mass is 16.3. The molecule has 0 saturated heterocycles. The third-order valence-corrected chi connectivity index (χ3v) is 14.6. The number of fused-ring (bicyclic) bond motifs is 18. The van der Waals surface area contributed by atoms with Gasteiger partial charge in [0.2, 0.25) is 0 Å². The maximum Gasteiger partial charge on any atom is 0.136 e. The van der Waals surface area contributed by atoms with Crippen molar-refractivity contribution in [2.45, 2.75) is 0 Å². The predicted molar refractivity (Wildman–Crippen MR) is 367 cm³/mol. The topological polar surface area (TPSA) is 26.3 Å². The summed E-state index contributed by atoms with van der Waals surface area (Å²) in [6.07, 6.45) is 0. The molecule has 0 bridgehead atoms. The van der Waals surface area contributed by atoms with E-state index < -0.39 is 487 Å². The van der Waals surface area contributed by atoms with Crippen molar-refractivity contribution >= 4 is 141 Å². The molecule has 0 unspecified atom stereocenters. The van der Waals surface area contributed by atoms with Crippen molar-refractivity contribution in [3.63, 3.8) is 0 Å². The van der Waals surface area contributed by atoms with Gasteiger partial charge < -0.3 is 8.83 Å². The average Bonchev–Trinajstić information content (AvgIpc) is 1.01. The van der Waals surface area contributed by atoms with Crippen molar-refractivity contribution in [1.29, 1.82) is 0 Å². The van der Waals surface area contributed by atoms with Crippen LogP contribution in [0.3, 0.4) is 0 Å². The summed E-state index contributed by atoms with van der Waals surface area (Å²) in [5.41, 5.74) is -7.69. The minimum atomic E-state index is -1.01. The second kappa shape index (κ2) is 19.1. The standard InChI is InChI=1S/C44H26O.C40H24O/c1-2-12-29-27(11-1)23-24-28-25-26-30-31(41(28)29)18-9-19-32(30)42-33-13-3-5-15-35(33)43(36-16-6-4-14-34(36)42)38-20-10-22-40-44(38)37-17-7-8-21-39(37)45-40;1-2-11-28-25(10-1)20-21-26-24-27(22-23-29(26)28)38-30-12-3-5-14-32(30)39(33-15-6-4-13-31(33)38)35-17-9-19-37-40(35)34-16-7-8-18-36(34)41-37/h1-26H;1-24H/i1D,2D,3D,4D,5D,6D,7D,8D,9D,10D,11D,12D,13D,14D,15D,16D,17D,18D,19D,20D,21D,22D,23D,24D,25D,26D;1D,2D,3D,4D,5D,6D,7D,8D,9D,10D,11D,12D,13D,14D,15D,16D,17D,18D,19D,20D,21D,22D,23D,24D. The molecule has 2 aromatic heterocycles. The molecule has 0 aliphatic rings. The predicted octanol–water partition coefficient (Wildman–Crippen LogP) is 24.2. The molecule has 17 aromatic carbocycles. The lowest BCUT2D eigenvalue weighted by Gasteiger charge is -2.19. The number of hydrogen-bond donors (Lipinski definition) is 0. The number of para-hydroxylation sites is 2. The number of benzene rings is 17. The van der Waals surface area contributed by atoms with Crippen LogP contribution in [0.5, 0.6) is 0 Å². The summed E-state index contributed by atoms with van der Waals surface area (Å²) in [6, 6.07) is -43.8. The number of furan rings is 2. The van der Waals surface area contributed by atoms with Gasteiger partial charge in [-0.15, -0.1) is 0 Å². The minimum absolute atomic E-state index is 0.440. The molecule has 19 rings (SSSR count). The molecule has 0 aliphatic carbocycles. The lowest BCUT2D eigenvalue weighted by atomic mass is 9.83. The van der Waals surface area contributed by atoms with Crippen LogP contribution in [0.4, 0.5) is 0 Å². The van der Waals surface area contributed by atoms with Crippen molar-refractivity contribution < 1.29 is 77.4 Å². The second-order valence-electron chi connectivity index (χ2n) is 19.0. The molecule has 0 spiro atoms. The van der Waals surface area contributed by atoms with E-state index in [-0.39, 0.29) is 0 Å². The maximum atomic E-state index is 9.66. The Hall–Kier alpha value is -11.3. The van der Waals surface area contributed by atoms with Gasteiger partial charge >= 0.3 is 0 Å². The van der Waals surface area contributed by atoms with E-state index >= 15 is 0 Å². The Balaban J connectivity index is 0.000000182. The van der Waals surface area contributed by atoms with E-state index in [0.717, 1.165) is 0 Å². The second-order valence-corrected chi connectivity index (χ2v) is 19.0. The zero-order valence-corrected chi connectivity index (χ0v) is 42.8. The van der Waals surface area contributed by atoms with E-state index in [4.69, 9.17) is 52.7 Å². The smallest absolute Gasteiger partial charge is 0.136 e. The molecular formula is C84H50O2. The van der Waals surface area contributed by atoms with Crippen LogP contribution in [-0.4, -0.2) is 0 Å². The van der Waals surface area contributed by atoms with Gasteiger partial charge in [0.1, 0.15) is 22.3 Å². The fourth-order valence-electron chi connectivity index (χ4n) is 11.2. The fourth-order valence-corrected chi connectivity index (χ4v) is 11.2. The van der Waals surface area contributed by atoms with E-state index in [1.165, 1.54) is 0 Å². The monoisotopic (exact) mass is 1140 g/mol. The van der Waals surface area contributed by atoms with Crippen molar-refractivity contribution in [3.05, 3.63) is 302 Å². The first-order valence-corrected chi connectivity index (χ1v) is 25.6. The molecule has 19 aromatic rings. The van der Waals surface area contributed by atoms with E-state index in [1.54, 1.807) is 0 Å². The van der Waals surface area contributed by atoms with Gasteiger partial charge in [-0.05, 0) is 172 Å². The van der Waals surface area contributed by atoms with E-state index in [1.807, 2.05) is 0 Å². The van der Waals surface area contributed by atoms with Crippen LogP contribution in [0.2, 0.25) is 0 Å². The van der Waals surface area contributed by atoms with Crippen molar-refractivity contribution in [2.75, 3.05) is 0 Å². The first kappa shape index (κ1) is 20.2. The molecular weight excluding hydrogens is 1040 g/mol. The van der Waals surface area contributed by atoms with Crippen molar-refractivity contribution in [3.8, 4) is 44.5 Å². The van der Waals surface area contributed by atoms with Gasteiger partial charge in [-0.3, -0.25) is 0 Å².